The van der Waals surface area contributed by atoms with E-state index in [1.54, 1.807) is 12.3 Å². The largest absolute Gasteiger partial charge is 0.467 e. The number of nitrogens with zero attached hydrogens (tertiary/aromatic N) is 3. The molecule has 2 aromatic heterocycles. The number of aromatic nitrogens is 2. The zero-order valence-electron chi connectivity index (χ0n) is 13.6. The number of hydrogen-bond donors (Lipinski definition) is 1. The summed E-state index contributed by atoms with van der Waals surface area (Å²) in [7, 11) is 0. The van der Waals surface area contributed by atoms with Crippen LogP contribution in [0.4, 0.5) is 10.3 Å². The zero-order chi connectivity index (χ0) is 17.2. The second-order valence-corrected chi connectivity index (χ2v) is 6.39. The summed E-state index contributed by atoms with van der Waals surface area (Å²) < 4.78 is 24.1. The first kappa shape index (κ1) is 16.0. The molecule has 7 nitrogen and oxygen atoms in total. The molecular weight excluding hydrogens is 327 g/mol. The third kappa shape index (κ3) is 3.48. The molecule has 1 N–H and O–H groups in total. The van der Waals surface area contributed by atoms with Gasteiger partial charge in [0.2, 0.25) is 11.9 Å². The topological polar surface area (TPSA) is 80.5 Å². The Balaban J connectivity index is 1.33. The maximum atomic E-state index is 13.0. The van der Waals surface area contributed by atoms with Gasteiger partial charge in [0.15, 0.2) is 5.82 Å². The normalized spacial score (nSPS) is 25.6. The van der Waals surface area contributed by atoms with Crippen molar-refractivity contribution in [1.82, 2.24) is 15.3 Å². The van der Waals surface area contributed by atoms with Crippen LogP contribution in [0.3, 0.4) is 0 Å². The summed E-state index contributed by atoms with van der Waals surface area (Å²) in [5, 5.41) is 2.85. The van der Waals surface area contributed by atoms with Gasteiger partial charge in [-0.2, -0.15) is 0 Å². The molecule has 2 aliphatic rings. The number of amides is 1. The molecule has 0 spiro atoms. The SMILES string of the molecule is O=C(NCc1ccco1)[C@@H]1C[C@@H]2CCN(c3ncc(F)cn3)C[C@H]2O1. The molecule has 4 heterocycles. The predicted octanol–water partition coefficient (Wildman–Crippen LogP) is 1.51. The fourth-order valence-corrected chi connectivity index (χ4v) is 3.45. The van der Waals surface area contributed by atoms with Gasteiger partial charge >= 0.3 is 0 Å². The van der Waals surface area contributed by atoms with Gasteiger partial charge in [-0.15, -0.1) is 0 Å². The minimum atomic E-state index is -0.455. The highest BCUT2D eigenvalue weighted by Crippen LogP contribution is 2.34. The van der Waals surface area contributed by atoms with Crippen molar-refractivity contribution in [3.05, 3.63) is 42.4 Å². The number of nitrogens with one attached hydrogen (secondary N) is 1. The summed E-state index contributed by atoms with van der Waals surface area (Å²) in [5.41, 5.74) is 0. The van der Waals surface area contributed by atoms with Gasteiger partial charge in [0.1, 0.15) is 11.9 Å². The lowest BCUT2D eigenvalue weighted by atomic mass is 9.92. The van der Waals surface area contributed by atoms with Crippen molar-refractivity contribution < 1.29 is 18.3 Å². The molecule has 8 heteroatoms. The van der Waals surface area contributed by atoms with Crippen molar-refractivity contribution in [1.29, 1.82) is 0 Å². The third-order valence-electron chi connectivity index (χ3n) is 4.75. The van der Waals surface area contributed by atoms with E-state index in [1.807, 2.05) is 11.0 Å². The molecule has 1 amide bonds. The highest BCUT2D eigenvalue weighted by atomic mass is 19.1. The van der Waals surface area contributed by atoms with E-state index in [0.29, 0.717) is 37.1 Å². The van der Waals surface area contributed by atoms with E-state index >= 15 is 0 Å². The lowest BCUT2D eigenvalue weighted by Gasteiger charge is -2.33. The number of rotatable bonds is 4. The van der Waals surface area contributed by atoms with Gasteiger partial charge in [-0.25, -0.2) is 14.4 Å². The summed E-state index contributed by atoms with van der Waals surface area (Å²) in [6, 6.07) is 3.60. The first-order valence-electron chi connectivity index (χ1n) is 8.37. The Hall–Kier alpha value is -2.48. The van der Waals surface area contributed by atoms with Crippen LogP contribution in [0.15, 0.2) is 35.2 Å². The van der Waals surface area contributed by atoms with E-state index < -0.39 is 11.9 Å². The van der Waals surface area contributed by atoms with Gasteiger partial charge in [0, 0.05) is 13.1 Å². The lowest BCUT2D eigenvalue weighted by Crippen LogP contribution is -2.43. The fraction of sp³-hybridized carbons (Fsp3) is 0.471. The maximum Gasteiger partial charge on any atom is 0.249 e. The molecule has 0 saturated carbocycles. The van der Waals surface area contributed by atoms with Crippen LogP contribution < -0.4 is 10.2 Å². The second-order valence-electron chi connectivity index (χ2n) is 6.39. The third-order valence-corrected chi connectivity index (χ3v) is 4.75. The molecule has 2 fully saturated rings. The molecular formula is C17H19FN4O3. The van der Waals surface area contributed by atoms with Crippen molar-refractivity contribution >= 4 is 11.9 Å². The van der Waals surface area contributed by atoms with Crippen LogP contribution >= 0.6 is 0 Å². The van der Waals surface area contributed by atoms with Gasteiger partial charge in [0.05, 0.1) is 31.3 Å². The van der Waals surface area contributed by atoms with Crippen molar-refractivity contribution in [2.75, 3.05) is 18.0 Å². The van der Waals surface area contributed by atoms with Crippen LogP contribution in [-0.4, -0.2) is 41.2 Å². The van der Waals surface area contributed by atoms with Crippen molar-refractivity contribution in [2.24, 2.45) is 5.92 Å². The van der Waals surface area contributed by atoms with Crippen LogP contribution in [-0.2, 0) is 16.1 Å². The molecule has 0 radical (unpaired) electrons. The van der Waals surface area contributed by atoms with Crippen LogP contribution in [0, 0.1) is 11.7 Å². The Kier molecular flexibility index (Phi) is 4.35. The minimum absolute atomic E-state index is 0.0400. The quantitative estimate of drug-likeness (QED) is 0.904. The highest BCUT2D eigenvalue weighted by Gasteiger charge is 2.42. The van der Waals surface area contributed by atoms with Gasteiger partial charge in [-0.3, -0.25) is 4.79 Å². The number of carbonyl (C=O) groups is 1. The molecule has 4 rings (SSSR count). The van der Waals surface area contributed by atoms with Crippen molar-refractivity contribution in [3.8, 4) is 0 Å². The number of ether oxygens (including phenoxy) is 1. The Labute approximate surface area is 144 Å². The van der Waals surface area contributed by atoms with Crippen molar-refractivity contribution in [3.63, 3.8) is 0 Å². The van der Waals surface area contributed by atoms with E-state index in [9.17, 15) is 9.18 Å². The average molecular weight is 346 g/mol. The average Bonchev–Trinajstić information content (AvgIpc) is 3.29. The summed E-state index contributed by atoms with van der Waals surface area (Å²) in [6.07, 6.45) is 5.03. The smallest absolute Gasteiger partial charge is 0.249 e. The fourth-order valence-electron chi connectivity index (χ4n) is 3.45. The summed E-state index contributed by atoms with van der Waals surface area (Å²) in [6.45, 7) is 1.74. The number of anilines is 1. The van der Waals surface area contributed by atoms with E-state index in [1.165, 1.54) is 0 Å². The second kappa shape index (κ2) is 6.79. The molecule has 2 saturated heterocycles. The number of hydrogen-bond acceptors (Lipinski definition) is 6. The first-order chi connectivity index (χ1) is 12.2. The number of piperidine rings is 1. The number of fused-ring (bicyclic) bond motifs is 1. The van der Waals surface area contributed by atoms with E-state index in [2.05, 4.69) is 15.3 Å². The summed E-state index contributed by atoms with van der Waals surface area (Å²) in [4.78, 5) is 22.3. The van der Waals surface area contributed by atoms with Gasteiger partial charge < -0.3 is 19.4 Å². The molecule has 2 aromatic rings. The van der Waals surface area contributed by atoms with Crippen LogP contribution in [0.25, 0.3) is 0 Å². The van der Waals surface area contributed by atoms with Crippen LogP contribution in [0.2, 0.25) is 0 Å². The van der Waals surface area contributed by atoms with E-state index in [4.69, 9.17) is 9.15 Å². The Morgan fingerprint density at radius 2 is 2.24 bits per heavy atom. The van der Waals surface area contributed by atoms with Crippen LogP contribution in [0.5, 0.6) is 0 Å². The van der Waals surface area contributed by atoms with Gasteiger partial charge in [0.25, 0.3) is 0 Å². The molecule has 0 bridgehead atoms. The highest BCUT2D eigenvalue weighted by molar-refractivity contribution is 5.81. The number of furan rings is 1. The molecule has 0 unspecified atom stereocenters. The maximum absolute atomic E-state index is 13.0. The molecule has 0 aliphatic carbocycles. The minimum Gasteiger partial charge on any atom is -0.467 e. The Morgan fingerprint density at radius 1 is 1.40 bits per heavy atom. The van der Waals surface area contributed by atoms with Gasteiger partial charge in [-0.05, 0) is 30.9 Å². The molecule has 132 valence electrons. The molecule has 25 heavy (non-hydrogen) atoms. The monoisotopic (exact) mass is 346 g/mol. The molecule has 0 aromatic carbocycles. The summed E-state index contributed by atoms with van der Waals surface area (Å²) >= 11 is 0. The zero-order valence-corrected chi connectivity index (χ0v) is 13.6. The van der Waals surface area contributed by atoms with E-state index in [0.717, 1.165) is 25.4 Å². The molecule has 2 aliphatic heterocycles. The lowest BCUT2D eigenvalue weighted by molar-refractivity contribution is -0.132. The number of halogens is 1. The van der Waals surface area contributed by atoms with Crippen molar-refractivity contribution in [2.45, 2.75) is 31.6 Å². The Morgan fingerprint density at radius 3 is 3.00 bits per heavy atom. The predicted molar refractivity (Wildman–Crippen MR) is 86.1 cm³/mol. The van der Waals surface area contributed by atoms with E-state index in [-0.39, 0.29) is 12.0 Å². The number of carbonyl (C=O) groups excluding carboxylic acids is 1. The molecule has 3 atom stereocenters. The van der Waals surface area contributed by atoms with Crippen LogP contribution in [0.1, 0.15) is 18.6 Å². The van der Waals surface area contributed by atoms with Gasteiger partial charge in [-0.1, -0.05) is 0 Å². The first-order valence-corrected chi connectivity index (χ1v) is 8.37. The standard InChI is InChI=1S/C17H19FN4O3/c18-12-7-20-17(21-8-12)22-4-3-11-6-14(25-15(11)10-22)16(23)19-9-13-2-1-5-24-13/h1-2,5,7-8,11,14-15H,3-4,6,9-10H2,(H,19,23)/t11-,14-,15+/m0/s1. The Bertz CT molecular complexity index is 722. The summed E-state index contributed by atoms with van der Waals surface area (Å²) in [5.74, 6) is 0.980.